The Morgan fingerprint density at radius 3 is 2.62 bits per heavy atom. The van der Waals surface area contributed by atoms with Gasteiger partial charge in [0, 0.05) is 11.1 Å². The molecule has 3 N–H and O–H groups in total. The summed E-state index contributed by atoms with van der Waals surface area (Å²) in [5.41, 5.74) is 4.29. The minimum absolute atomic E-state index is 0.159. The molecule has 0 amide bonds. The Bertz CT molecular complexity index is 421. The van der Waals surface area contributed by atoms with Crippen LogP contribution in [-0.4, -0.2) is 18.8 Å². The van der Waals surface area contributed by atoms with Crippen molar-refractivity contribution in [3.8, 4) is 0 Å². The summed E-state index contributed by atoms with van der Waals surface area (Å²) >= 11 is 3.63. The minimum atomic E-state index is 0.159. The third kappa shape index (κ3) is 4.78. The molecule has 0 bridgehead atoms. The van der Waals surface area contributed by atoms with Crippen LogP contribution < -0.4 is 11.3 Å². The maximum atomic E-state index is 6.09. The molecule has 2 rings (SSSR count). The first-order valence-electron chi connectivity index (χ1n) is 8.07. The number of benzene rings is 1. The van der Waals surface area contributed by atoms with E-state index in [1.807, 2.05) is 6.07 Å². The van der Waals surface area contributed by atoms with Crippen LogP contribution in [0.5, 0.6) is 0 Å². The van der Waals surface area contributed by atoms with E-state index in [-0.39, 0.29) is 12.1 Å². The number of hydrogen-bond acceptors (Lipinski definition) is 3. The van der Waals surface area contributed by atoms with Crippen molar-refractivity contribution in [2.45, 2.75) is 57.6 Å². The van der Waals surface area contributed by atoms with Crippen molar-refractivity contribution in [2.75, 3.05) is 6.61 Å². The Hall–Kier alpha value is -0.420. The molecular formula is C17H27BrN2O. The van der Waals surface area contributed by atoms with Crippen molar-refractivity contribution in [3.05, 3.63) is 34.3 Å². The van der Waals surface area contributed by atoms with E-state index in [2.05, 4.69) is 46.5 Å². The highest BCUT2D eigenvalue weighted by atomic mass is 79.9. The molecular weight excluding hydrogens is 328 g/mol. The van der Waals surface area contributed by atoms with E-state index < -0.39 is 0 Å². The lowest BCUT2D eigenvalue weighted by Gasteiger charge is -2.35. The lowest BCUT2D eigenvalue weighted by atomic mass is 9.81. The number of nitrogens with one attached hydrogen (secondary N) is 1. The van der Waals surface area contributed by atoms with Crippen LogP contribution >= 0.6 is 15.9 Å². The van der Waals surface area contributed by atoms with Gasteiger partial charge in [-0.15, -0.1) is 0 Å². The van der Waals surface area contributed by atoms with E-state index >= 15 is 0 Å². The zero-order valence-corrected chi connectivity index (χ0v) is 14.4. The van der Waals surface area contributed by atoms with E-state index in [1.54, 1.807) is 0 Å². The molecule has 0 radical (unpaired) electrons. The minimum Gasteiger partial charge on any atom is -0.377 e. The summed E-state index contributed by atoms with van der Waals surface area (Å²) in [7, 11) is 0. The van der Waals surface area contributed by atoms with Gasteiger partial charge in [-0.2, -0.15) is 0 Å². The van der Waals surface area contributed by atoms with Gasteiger partial charge in [0.05, 0.1) is 12.1 Å². The van der Waals surface area contributed by atoms with Crippen molar-refractivity contribution >= 4 is 15.9 Å². The zero-order valence-electron chi connectivity index (χ0n) is 12.9. The van der Waals surface area contributed by atoms with Crippen molar-refractivity contribution in [2.24, 2.45) is 11.8 Å². The Kier molecular flexibility index (Phi) is 7.17. The molecule has 21 heavy (non-hydrogen) atoms. The largest absolute Gasteiger partial charge is 0.377 e. The average molecular weight is 355 g/mol. The molecule has 1 saturated carbocycles. The fourth-order valence-electron chi connectivity index (χ4n) is 3.41. The highest BCUT2D eigenvalue weighted by Gasteiger charge is 2.31. The fourth-order valence-corrected chi connectivity index (χ4v) is 3.85. The number of hydrazine groups is 1. The number of halogens is 1. The van der Waals surface area contributed by atoms with Crippen molar-refractivity contribution in [1.29, 1.82) is 0 Å². The van der Waals surface area contributed by atoms with Gasteiger partial charge >= 0.3 is 0 Å². The van der Waals surface area contributed by atoms with Crippen molar-refractivity contribution < 1.29 is 4.74 Å². The van der Waals surface area contributed by atoms with Gasteiger partial charge in [-0.05, 0) is 43.7 Å². The Morgan fingerprint density at radius 1 is 1.29 bits per heavy atom. The Labute approximate surface area is 136 Å². The van der Waals surface area contributed by atoms with Crippen LogP contribution in [0, 0.1) is 5.92 Å². The van der Waals surface area contributed by atoms with E-state index in [9.17, 15) is 0 Å². The highest BCUT2D eigenvalue weighted by Crippen LogP contribution is 2.31. The molecule has 118 valence electrons. The normalized spacial score (nSPS) is 19.4. The monoisotopic (exact) mass is 354 g/mol. The fraction of sp³-hybridized carbons (Fsp3) is 0.647. The van der Waals surface area contributed by atoms with Gasteiger partial charge in [0.25, 0.3) is 0 Å². The molecule has 2 unspecified atom stereocenters. The predicted octanol–water partition coefficient (Wildman–Crippen LogP) is 3.81. The van der Waals surface area contributed by atoms with E-state index in [4.69, 9.17) is 10.6 Å². The molecule has 0 heterocycles. The smallest absolute Gasteiger partial charge is 0.0772 e. The third-order valence-corrected chi connectivity index (χ3v) is 5.26. The van der Waals surface area contributed by atoms with Gasteiger partial charge in [-0.1, -0.05) is 53.4 Å². The molecule has 2 atom stereocenters. The van der Waals surface area contributed by atoms with Crippen LogP contribution in [0.3, 0.4) is 0 Å². The summed E-state index contributed by atoms with van der Waals surface area (Å²) in [6.07, 6.45) is 7.62. The molecule has 0 spiro atoms. The summed E-state index contributed by atoms with van der Waals surface area (Å²) in [6, 6.07) is 8.51. The van der Waals surface area contributed by atoms with Gasteiger partial charge < -0.3 is 4.74 Å². The van der Waals surface area contributed by atoms with Crippen LogP contribution in [0.15, 0.2) is 28.7 Å². The molecule has 0 saturated heterocycles. The first-order valence-corrected chi connectivity index (χ1v) is 8.86. The molecule has 1 aliphatic rings. The second-order valence-electron chi connectivity index (χ2n) is 5.89. The van der Waals surface area contributed by atoms with Gasteiger partial charge in [0.2, 0.25) is 0 Å². The lowest BCUT2D eigenvalue weighted by Crippen LogP contribution is -2.50. The number of ether oxygens (including phenoxy) is 1. The Morgan fingerprint density at radius 2 is 2.00 bits per heavy atom. The summed E-state index contributed by atoms with van der Waals surface area (Å²) in [5.74, 6) is 6.49. The summed E-state index contributed by atoms with van der Waals surface area (Å²) in [5, 5.41) is 0. The lowest BCUT2D eigenvalue weighted by molar-refractivity contribution is -0.0175. The maximum Gasteiger partial charge on any atom is 0.0772 e. The quantitative estimate of drug-likeness (QED) is 0.578. The molecule has 1 aromatic rings. The Balaban J connectivity index is 2.09. The van der Waals surface area contributed by atoms with Gasteiger partial charge in [0.1, 0.15) is 0 Å². The molecule has 3 nitrogen and oxygen atoms in total. The number of hydrogen-bond donors (Lipinski definition) is 2. The van der Waals surface area contributed by atoms with Crippen LogP contribution in [0.4, 0.5) is 0 Å². The van der Waals surface area contributed by atoms with Gasteiger partial charge in [-0.25, -0.2) is 0 Å². The van der Waals surface area contributed by atoms with Gasteiger partial charge in [-0.3, -0.25) is 11.3 Å². The van der Waals surface area contributed by atoms with E-state index in [0.29, 0.717) is 5.92 Å². The van der Waals surface area contributed by atoms with Crippen molar-refractivity contribution in [3.63, 3.8) is 0 Å². The third-order valence-electron chi connectivity index (χ3n) is 4.48. The SMILES string of the molecule is CCOC(C1CCCCC1)C(Cc1ccccc1Br)NN. The molecule has 4 heteroatoms. The van der Waals surface area contributed by atoms with Crippen LogP contribution in [0.25, 0.3) is 0 Å². The second kappa shape index (κ2) is 8.89. The van der Waals surface area contributed by atoms with Crippen molar-refractivity contribution in [1.82, 2.24) is 5.43 Å². The molecule has 1 fully saturated rings. The standard InChI is InChI=1S/C17H27BrN2O/c1-2-21-17(13-8-4-3-5-9-13)16(20-19)12-14-10-6-7-11-15(14)18/h6-7,10-11,13,16-17,20H,2-5,8-9,12,19H2,1H3. The van der Waals surface area contributed by atoms with Crippen LogP contribution in [-0.2, 0) is 11.2 Å². The van der Waals surface area contributed by atoms with Gasteiger partial charge in [0.15, 0.2) is 0 Å². The van der Waals surface area contributed by atoms with E-state index in [0.717, 1.165) is 17.5 Å². The molecule has 0 aromatic heterocycles. The molecule has 0 aliphatic heterocycles. The highest BCUT2D eigenvalue weighted by molar-refractivity contribution is 9.10. The number of nitrogens with two attached hydrogens (primary N) is 1. The zero-order chi connectivity index (χ0) is 15.1. The van der Waals surface area contributed by atoms with Crippen LogP contribution in [0.1, 0.15) is 44.6 Å². The maximum absolute atomic E-state index is 6.09. The first-order chi connectivity index (χ1) is 10.3. The molecule has 1 aliphatic carbocycles. The number of rotatable bonds is 7. The van der Waals surface area contributed by atoms with Crippen LogP contribution in [0.2, 0.25) is 0 Å². The summed E-state index contributed by atoms with van der Waals surface area (Å²) in [6.45, 7) is 2.82. The van der Waals surface area contributed by atoms with E-state index in [1.165, 1.54) is 37.7 Å². The summed E-state index contributed by atoms with van der Waals surface area (Å²) < 4.78 is 7.23. The molecule has 1 aromatic carbocycles. The predicted molar refractivity (Wildman–Crippen MR) is 90.9 cm³/mol. The first kappa shape index (κ1) is 16.9. The average Bonchev–Trinajstić information content (AvgIpc) is 2.53. The topological polar surface area (TPSA) is 47.3 Å². The second-order valence-corrected chi connectivity index (χ2v) is 6.74. The summed E-state index contributed by atoms with van der Waals surface area (Å²) in [4.78, 5) is 0.